The Bertz CT molecular complexity index is 547. The van der Waals surface area contributed by atoms with Gasteiger partial charge in [-0.05, 0) is 27.7 Å². The van der Waals surface area contributed by atoms with Crippen molar-refractivity contribution in [2.75, 3.05) is 0 Å². The molecular formula is C16H17B3. The van der Waals surface area contributed by atoms with Crippen LogP contribution in [0.15, 0.2) is 30.3 Å². The lowest BCUT2D eigenvalue weighted by atomic mass is 9.76. The van der Waals surface area contributed by atoms with Crippen molar-refractivity contribution < 1.29 is 0 Å². The van der Waals surface area contributed by atoms with E-state index in [1.165, 1.54) is 5.56 Å². The first-order valence-electron chi connectivity index (χ1n) is 6.26. The second-order valence-corrected chi connectivity index (χ2v) is 4.89. The predicted molar refractivity (Wildman–Crippen MR) is 88.0 cm³/mol. The summed E-state index contributed by atoms with van der Waals surface area (Å²) in [5.74, 6) is 0. The summed E-state index contributed by atoms with van der Waals surface area (Å²) in [4.78, 5) is 0. The van der Waals surface area contributed by atoms with Crippen LogP contribution in [0.25, 0.3) is 0 Å². The lowest BCUT2D eigenvalue weighted by Crippen LogP contribution is -2.30. The first-order chi connectivity index (χ1) is 8.82. The van der Waals surface area contributed by atoms with E-state index in [0.717, 1.165) is 22.2 Å². The second-order valence-electron chi connectivity index (χ2n) is 4.89. The highest BCUT2D eigenvalue weighted by Crippen LogP contribution is 1.96. The number of aryl methyl sites for hydroxylation is 4. The van der Waals surface area contributed by atoms with Crippen LogP contribution in [0.3, 0.4) is 0 Å². The van der Waals surface area contributed by atoms with E-state index in [2.05, 4.69) is 6.07 Å². The van der Waals surface area contributed by atoms with E-state index < -0.39 is 0 Å². The number of hydrogen-bond acceptors (Lipinski definition) is 0. The van der Waals surface area contributed by atoms with Gasteiger partial charge < -0.3 is 0 Å². The van der Waals surface area contributed by atoms with Gasteiger partial charge in [-0.25, -0.2) is 0 Å². The van der Waals surface area contributed by atoms with Crippen molar-refractivity contribution in [3.05, 3.63) is 52.6 Å². The largest absolute Gasteiger partial charge is 0.114 e. The molecule has 0 fully saturated rings. The summed E-state index contributed by atoms with van der Waals surface area (Å²) in [7, 11) is 16.9. The zero-order valence-electron chi connectivity index (χ0n) is 12.1. The SMILES string of the molecule is [B]c1c(C)ccc(C)c1[B].[B]c1cc(C)ccc1C. The molecular weight excluding hydrogens is 225 g/mol. The molecule has 0 atom stereocenters. The number of benzene rings is 2. The fourth-order valence-corrected chi connectivity index (χ4v) is 1.61. The number of rotatable bonds is 0. The molecule has 0 aliphatic rings. The van der Waals surface area contributed by atoms with Gasteiger partial charge in [-0.2, -0.15) is 0 Å². The van der Waals surface area contributed by atoms with E-state index in [-0.39, 0.29) is 0 Å². The third kappa shape index (κ3) is 4.35. The summed E-state index contributed by atoms with van der Waals surface area (Å²) in [6.07, 6.45) is 0. The molecule has 6 radical (unpaired) electrons. The summed E-state index contributed by atoms with van der Waals surface area (Å²) >= 11 is 0. The summed E-state index contributed by atoms with van der Waals surface area (Å²) in [6.45, 7) is 7.95. The highest BCUT2D eigenvalue weighted by molar-refractivity contribution is 6.49. The van der Waals surface area contributed by atoms with Crippen LogP contribution in [0.5, 0.6) is 0 Å². The summed E-state index contributed by atoms with van der Waals surface area (Å²) in [5, 5.41) is 0. The maximum Gasteiger partial charge on any atom is 0.114 e. The lowest BCUT2D eigenvalue weighted by Gasteiger charge is -2.07. The molecule has 0 nitrogen and oxygen atoms in total. The lowest BCUT2D eigenvalue weighted by molar-refractivity contribution is 1.43. The molecule has 90 valence electrons. The maximum absolute atomic E-state index is 5.66. The third-order valence-corrected chi connectivity index (χ3v) is 3.16. The minimum Gasteiger partial charge on any atom is -0.100 e. The Morgan fingerprint density at radius 3 is 1.42 bits per heavy atom. The van der Waals surface area contributed by atoms with Crippen LogP contribution in [-0.4, -0.2) is 23.5 Å². The fourth-order valence-electron chi connectivity index (χ4n) is 1.61. The Labute approximate surface area is 120 Å². The second kappa shape index (κ2) is 6.70. The summed E-state index contributed by atoms with van der Waals surface area (Å²) < 4.78 is 0. The van der Waals surface area contributed by atoms with Gasteiger partial charge in [0.1, 0.15) is 23.5 Å². The van der Waals surface area contributed by atoms with Gasteiger partial charge in [0.05, 0.1) is 0 Å². The van der Waals surface area contributed by atoms with Crippen LogP contribution in [0.4, 0.5) is 0 Å². The zero-order chi connectivity index (χ0) is 14.6. The molecule has 0 heterocycles. The van der Waals surface area contributed by atoms with Crippen molar-refractivity contribution in [2.24, 2.45) is 0 Å². The molecule has 2 aromatic rings. The van der Waals surface area contributed by atoms with Gasteiger partial charge >= 0.3 is 0 Å². The Morgan fingerprint density at radius 2 is 1.05 bits per heavy atom. The zero-order valence-corrected chi connectivity index (χ0v) is 12.1. The molecule has 0 N–H and O–H groups in total. The monoisotopic (exact) mass is 242 g/mol. The van der Waals surface area contributed by atoms with Crippen molar-refractivity contribution in [3.63, 3.8) is 0 Å². The van der Waals surface area contributed by atoms with Crippen LogP contribution in [0, 0.1) is 27.7 Å². The smallest absolute Gasteiger partial charge is 0.100 e. The minimum atomic E-state index is 0.708. The highest BCUT2D eigenvalue weighted by atomic mass is 14.0. The average Bonchev–Trinajstić information content (AvgIpc) is 2.37. The molecule has 0 aliphatic carbocycles. The molecule has 2 rings (SSSR count). The molecule has 0 bridgehead atoms. The van der Waals surface area contributed by atoms with Crippen LogP contribution in [0.1, 0.15) is 22.3 Å². The van der Waals surface area contributed by atoms with E-state index in [0.29, 0.717) is 10.9 Å². The Balaban J connectivity index is 0.000000191. The van der Waals surface area contributed by atoms with Crippen molar-refractivity contribution >= 4 is 39.9 Å². The molecule has 2 aromatic carbocycles. The normalized spacial score (nSPS) is 9.68. The van der Waals surface area contributed by atoms with Crippen LogP contribution < -0.4 is 16.4 Å². The van der Waals surface area contributed by atoms with Crippen molar-refractivity contribution in [3.8, 4) is 0 Å². The van der Waals surface area contributed by atoms with Crippen LogP contribution >= 0.6 is 0 Å². The Kier molecular flexibility index (Phi) is 5.53. The standard InChI is InChI=1S/C8H8B2.C8H9B/c1-5-3-4-6(2)8(10)7(5)9;1-6-3-4-7(2)8(9)5-6/h3-4H,1-2H3;3-5H,1-2H3. The first kappa shape index (κ1) is 15.7. The van der Waals surface area contributed by atoms with E-state index >= 15 is 0 Å². The molecule has 0 amide bonds. The fraction of sp³-hybridized carbons (Fsp3) is 0.250. The van der Waals surface area contributed by atoms with Gasteiger partial charge in [0.2, 0.25) is 0 Å². The van der Waals surface area contributed by atoms with Gasteiger partial charge in [-0.3, -0.25) is 0 Å². The van der Waals surface area contributed by atoms with Crippen molar-refractivity contribution in [1.82, 2.24) is 0 Å². The summed E-state index contributed by atoms with van der Waals surface area (Å²) in [6, 6.07) is 10.0. The topological polar surface area (TPSA) is 0 Å². The van der Waals surface area contributed by atoms with Gasteiger partial charge in [-0.15, -0.1) is 10.9 Å². The van der Waals surface area contributed by atoms with E-state index in [9.17, 15) is 0 Å². The molecule has 3 heteroatoms. The van der Waals surface area contributed by atoms with Gasteiger partial charge in [0.25, 0.3) is 0 Å². The Hall–Kier alpha value is -1.37. The van der Waals surface area contributed by atoms with Gasteiger partial charge in [0.15, 0.2) is 0 Å². The molecule has 0 saturated carbocycles. The highest BCUT2D eigenvalue weighted by Gasteiger charge is 1.96. The first-order valence-corrected chi connectivity index (χ1v) is 6.26. The molecule has 0 spiro atoms. The Morgan fingerprint density at radius 1 is 0.632 bits per heavy atom. The van der Waals surface area contributed by atoms with E-state index in [1.54, 1.807) is 0 Å². The third-order valence-electron chi connectivity index (χ3n) is 3.16. The van der Waals surface area contributed by atoms with E-state index in [1.807, 2.05) is 52.0 Å². The van der Waals surface area contributed by atoms with Crippen molar-refractivity contribution in [1.29, 1.82) is 0 Å². The summed E-state index contributed by atoms with van der Waals surface area (Å²) in [5.41, 5.74) is 6.76. The molecule has 0 aliphatic heterocycles. The minimum absolute atomic E-state index is 0.708. The molecule has 0 saturated heterocycles. The maximum atomic E-state index is 5.66. The average molecular weight is 242 g/mol. The van der Waals surface area contributed by atoms with Gasteiger partial charge in [-0.1, -0.05) is 58.0 Å². The number of hydrogen-bond donors (Lipinski definition) is 0. The van der Waals surface area contributed by atoms with Crippen molar-refractivity contribution in [2.45, 2.75) is 27.7 Å². The molecule has 19 heavy (non-hydrogen) atoms. The predicted octanol–water partition coefficient (Wildman–Crippen LogP) is 0.988. The van der Waals surface area contributed by atoms with Crippen LogP contribution in [-0.2, 0) is 0 Å². The van der Waals surface area contributed by atoms with E-state index in [4.69, 9.17) is 23.5 Å². The van der Waals surface area contributed by atoms with Crippen LogP contribution in [0.2, 0.25) is 0 Å². The van der Waals surface area contributed by atoms with Gasteiger partial charge in [0, 0.05) is 0 Å². The molecule has 0 unspecified atom stereocenters. The molecule has 0 aromatic heterocycles. The quantitative estimate of drug-likeness (QED) is 0.604.